The number of amides is 1. The van der Waals surface area contributed by atoms with Gasteiger partial charge in [0.2, 0.25) is 5.91 Å². The fraction of sp³-hybridized carbons (Fsp3) is 0.261. The van der Waals surface area contributed by atoms with Crippen LogP contribution in [-0.4, -0.2) is 22.6 Å². The Hall–Kier alpha value is -3.61. The Labute approximate surface area is 175 Å². The highest BCUT2D eigenvalue weighted by Crippen LogP contribution is 2.18. The maximum Gasteiger partial charge on any atom is 0.254 e. The Morgan fingerprint density at radius 2 is 1.73 bits per heavy atom. The van der Waals surface area contributed by atoms with E-state index in [1.807, 2.05) is 32.0 Å². The number of hydrogen-bond acceptors (Lipinski definition) is 5. The van der Waals surface area contributed by atoms with Gasteiger partial charge in [0, 0.05) is 17.4 Å². The summed E-state index contributed by atoms with van der Waals surface area (Å²) in [5, 5.41) is 2.87. The largest absolute Gasteiger partial charge is 0.497 e. The van der Waals surface area contributed by atoms with Crippen molar-refractivity contribution in [3.05, 3.63) is 81.5 Å². The van der Waals surface area contributed by atoms with Crippen LogP contribution in [0.4, 0.5) is 5.69 Å². The molecule has 0 saturated heterocycles. The third-order valence-electron chi connectivity index (χ3n) is 4.61. The molecule has 1 amide bonds. The topological polar surface area (TPSA) is 82.5 Å². The van der Waals surface area contributed by atoms with Gasteiger partial charge in [-0.3, -0.25) is 14.2 Å². The molecule has 0 aliphatic carbocycles. The van der Waals surface area contributed by atoms with E-state index in [1.54, 1.807) is 38.3 Å². The minimum atomic E-state index is -0.304. The van der Waals surface area contributed by atoms with Crippen LogP contribution < -0.4 is 20.3 Å². The molecule has 0 bridgehead atoms. The number of anilines is 1. The van der Waals surface area contributed by atoms with Gasteiger partial charge in [0.25, 0.3) is 5.56 Å². The Bertz CT molecular complexity index is 1100. The molecule has 0 atom stereocenters. The predicted octanol–water partition coefficient (Wildman–Crippen LogP) is 3.39. The first kappa shape index (κ1) is 21.1. The highest BCUT2D eigenvalue weighted by Gasteiger charge is 2.13. The van der Waals surface area contributed by atoms with E-state index in [-0.39, 0.29) is 24.6 Å². The van der Waals surface area contributed by atoms with E-state index in [2.05, 4.69) is 10.3 Å². The zero-order valence-corrected chi connectivity index (χ0v) is 17.6. The molecular weight excluding hydrogens is 382 g/mol. The Kier molecular flexibility index (Phi) is 6.51. The molecule has 0 radical (unpaired) electrons. The molecule has 1 aromatic heterocycles. The SMILES string of the molecule is COc1ccc(OCc2nc(C)cc(=O)n2CC(=O)Nc2cc(C)ccc2C)cc1. The highest BCUT2D eigenvalue weighted by molar-refractivity contribution is 5.91. The monoisotopic (exact) mass is 407 g/mol. The molecule has 7 heteroatoms. The number of hydrogen-bond donors (Lipinski definition) is 1. The molecule has 0 aliphatic rings. The van der Waals surface area contributed by atoms with Gasteiger partial charge in [-0.15, -0.1) is 0 Å². The Morgan fingerprint density at radius 3 is 2.43 bits per heavy atom. The number of carbonyl (C=O) groups is 1. The number of carbonyl (C=O) groups excluding carboxylic acids is 1. The molecule has 1 N–H and O–H groups in total. The van der Waals surface area contributed by atoms with Gasteiger partial charge in [0.05, 0.1) is 7.11 Å². The normalized spacial score (nSPS) is 10.5. The molecule has 2 aromatic carbocycles. The summed E-state index contributed by atoms with van der Waals surface area (Å²) < 4.78 is 12.2. The third kappa shape index (κ3) is 5.26. The number of ether oxygens (including phenoxy) is 2. The van der Waals surface area contributed by atoms with Crippen molar-refractivity contribution in [1.29, 1.82) is 0 Å². The third-order valence-corrected chi connectivity index (χ3v) is 4.61. The van der Waals surface area contributed by atoms with Crippen LogP contribution in [0.5, 0.6) is 11.5 Å². The zero-order chi connectivity index (χ0) is 21.7. The first-order valence-corrected chi connectivity index (χ1v) is 9.57. The Balaban J connectivity index is 1.77. The van der Waals surface area contributed by atoms with Gasteiger partial charge >= 0.3 is 0 Å². The van der Waals surface area contributed by atoms with E-state index in [0.717, 1.165) is 22.6 Å². The summed E-state index contributed by atoms with van der Waals surface area (Å²) in [4.78, 5) is 29.6. The van der Waals surface area contributed by atoms with E-state index in [0.29, 0.717) is 17.3 Å². The smallest absolute Gasteiger partial charge is 0.254 e. The van der Waals surface area contributed by atoms with Crippen LogP contribution in [0.2, 0.25) is 0 Å². The highest BCUT2D eigenvalue weighted by atomic mass is 16.5. The number of nitrogens with one attached hydrogen (secondary N) is 1. The minimum Gasteiger partial charge on any atom is -0.497 e. The van der Waals surface area contributed by atoms with E-state index in [1.165, 1.54) is 10.6 Å². The average Bonchev–Trinajstić information content (AvgIpc) is 2.71. The lowest BCUT2D eigenvalue weighted by Crippen LogP contribution is -2.31. The first-order chi connectivity index (χ1) is 14.4. The summed E-state index contributed by atoms with van der Waals surface area (Å²) in [6, 6.07) is 14.3. The van der Waals surface area contributed by atoms with Crippen LogP contribution in [0, 0.1) is 20.8 Å². The van der Waals surface area contributed by atoms with Gasteiger partial charge in [-0.2, -0.15) is 0 Å². The second kappa shape index (κ2) is 9.26. The molecule has 0 spiro atoms. The molecule has 3 aromatic rings. The molecule has 0 aliphatic heterocycles. The second-order valence-corrected chi connectivity index (χ2v) is 7.07. The molecule has 3 rings (SSSR count). The summed E-state index contributed by atoms with van der Waals surface area (Å²) in [7, 11) is 1.59. The van der Waals surface area contributed by atoms with Crippen molar-refractivity contribution in [3.63, 3.8) is 0 Å². The molecule has 0 saturated carbocycles. The summed E-state index contributed by atoms with van der Waals surface area (Å²) >= 11 is 0. The number of benzene rings is 2. The van der Waals surface area contributed by atoms with Crippen molar-refractivity contribution < 1.29 is 14.3 Å². The molecular formula is C23H25N3O4. The van der Waals surface area contributed by atoms with E-state index < -0.39 is 0 Å². The van der Waals surface area contributed by atoms with Gasteiger partial charge in [-0.1, -0.05) is 12.1 Å². The molecule has 30 heavy (non-hydrogen) atoms. The van der Waals surface area contributed by atoms with Crippen molar-refractivity contribution in [2.24, 2.45) is 0 Å². The lowest BCUT2D eigenvalue weighted by atomic mass is 10.1. The van der Waals surface area contributed by atoms with Crippen LogP contribution in [-0.2, 0) is 17.9 Å². The number of rotatable bonds is 7. The standard InChI is InChI=1S/C23H25N3O4/c1-15-5-6-16(2)20(11-15)25-22(27)13-26-21(24-17(3)12-23(26)28)14-30-19-9-7-18(29-4)8-10-19/h5-12H,13-14H2,1-4H3,(H,25,27). The lowest BCUT2D eigenvalue weighted by molar-refractivity contribution is -0.116. The second-order valence-electron chi connectivity index (χ2n) is 7.07. The summed E-state index contributed by atoms with van der Waals surface area (Å²) in [6.45, 7) is 5.51. The Morgan fingerprint density at radius 1 is 1.03 bits per heavy atom. The van der Waals surface area contributed by atoms with E-state index >= 15 is 0 Å². The predicted molar refractivity (Wildman–Crippen MR) is 115 cm³/mol. The maximum absolute atomic E-state index is 12.6. The van der Waals surface area contributed by atoms with Crippen LogP contribution in [0.1, 0.15) is 22.6 Å². The van der Waals surface area contributed by atoms with Crippen molar-refractivity contribution >= 4 is 11.6 Å². The average molecular weight is 407 g/mol. The summed E-state index contributed by atoms with van der Waals surface area (Å²) in [6.07, 6.45) is 0. The number of aryl methyl sites for hydroxylation is 3. The lowest BCUT2D eigenvalue weighted by Gasteiger charge is -2.15. The van der Waals surface area contributed by atoms with Gasteiger partial charge < -0.3 is 14.8 Å². The van der Waals surface area contributed by atoms with Gasteiger partial charge in [0.15, 0.2) is 0 Å². The first-order valence-electron chi connectivity index (χ1n) is 9.57. The van der Waals surface area contributed by atoms with Gasteiger partial charge in [0.1, 0.15) is 30.5 Å². The minimum absolute atomic E-state index is 0.0556. The fourth-order valence-corrected chi connectivity index (χ4v) is 2.98. The molecule has 7 nitrogen and oxygen atoms in total. The van der Waals surface area contributed by atoms with Crippen molar-refractivity contribution in [2.45, 2.75) is 33.9 Å². The van der Waals surface area contributed by atoms with Crippen LogP contribution in [0.3, 0.4) is 0 Å². The molecule has 0 fully saturated rings. The zero-order valence-electron chi connectivity index (χ0n) is 17.6. The maximum atomic E-state index is 12.6. The van der Waals surface area contributed by atoms with Crippen LogP contribution in [0.15, 0.2) is 53.3 Å². The van der Waals surface area contributed by atoms with Crippen LogP contribution in [0.25, 0.3) is 0 Å². The van der Waals surface area contributed by atoms with Gasteiger partial charge in [-0.05, 0) is 62.2 Å². The van der Waals surface area contributed by atoms with E-state index in [4.69, 9.17) is 9.47 Å². The fourth-order valence-electron chi connectivity index (χ4n) is 2.98. The van der Waals surface area contributed by atoms with Crippen molar-refractivity contribution in [1.82, 2.24) is 9.55 Å². The number of methoxy groups -OCH3 is 1. The van der Waals surface area contributed by atoms with Crippen molar-refractivity contribution in [3.8, 4) is 11.5 Å². The number of aromatic nitrogens is 2. The summed E-state index contributed by atoms with van der Waals surface area (Å²) in [5.41, 5.74) is 2.99. The van der Waals surface area contributed by atoms with Gasteiger partial charge in [-0.25, -0.2) is 4.98 Å². The van der Waals surface area contributed by atoms with Crippen molar-refractivity contribution in [2.75, 3.05) is 12.4 Å². The molecule has 0 unspecified atom stereocenters. The van der Waals surface area contributed by atoms with Crippen LogP contribution >= 0.6 is 0 Å². The number of nitrogens with zero attached hydrogens (tertiary/aromatic N) is 2. The summed E-state index contributed by atoms with van der Waals surface area (Å²) in [5.74, 6) is 1.41. The molecule has 156 valence electrons. The molecule has 1 heterocycles. The van der Waals surface area contributed by atoms with E-state index in [9.17, 15) is 9.59 Å². The quantitative estimate of drug-likeness (QED) is 0.649.